The molecule has 0 atom stereocenters. The lowest BCUT2D eigenvalue weighted by Gasteiger charge is -2.21. The van der Waals surface area contributed by atoms with Crippen LogP contribution >= 0.6 is 23.2 Å². The van der Waals surface area contributed by atoms with Gasteiger partial charge in [0.2, 0.25) is 11.8 Å². The molecule has 2 aromatic rings. The van der Waals surface area contributed by atoms with Gasteiger partial charge in [-0.25, -0.2) is 4.39 Å². The Bertz CT molecular complexity index is 732. The summed E-state index contributed by atoms with van der Waals surface area (Å²) in [6.07, 6.45) is 0. The first-order valence-electron chi connectivity index (χ1n) is 6.66. The lowest BCUT2D eigenvalue weighted by atomic mass is 10.2. The molecule has 2 amide bonds. The zero-order valence-electron chi connectivity index (χ0n) is 12.1. The highest BCUT2D eigenvalue weighted by Gasteiger charge is 2.18. The van der Waals surface area contributed by atoms with Crippen LogP contribution in [0.1, 0.15) is 6.92 Å². The van der Waals surface area contributed by atoms with Crippen molar-refractivity contribution >= 4 is 46.4 Å². The van der Waals surface area contributed by atoms with Gasteiger partial charge in [-0.2, -0.15) is 0 Å². The van der Waals surface area contributed by atoms with E-state index in [1.54, 1.807) is 24.3 Å². The van der Waals surface area contributed by atoms with Crippen molar-refractivity contribution in [3.8, 4) is 0 Å². The first-order valence-corrected chi connectivity index (χ1v) is 7.41. The minimum absolute atomic E-state index is 0.267. The summed E-state index contributed by atoms with van der Waals surface area (Å²) in [5, 5.41) is 3.12. The molecule has 0 aromatic heterocycles. The molecule has 0 heterocycles. The third-order valence-electron chi connectivity index (χ3n) is 3.03. The molecule has 4 nitrogen and oxygen atoms in total. The Morgan fingerprint density at radius 1 is 1.13 bits per heavy atom. The van der Waals surface area contributed by atoms with Crippen LogP contribution in [-0.2, 0) is 9.59 Å². The molecule has 0 saturated carbocycles. The number of amides is 2. The van der Waals surface area contributed by atoms with Gasteiger partial charge in [0.15, 0.2) is 0 Å². The van der Waals surface area contributed by atoms with Crippen LogP contribution in [0.2, 0.25) is 10.0 Å². The molecule has 0 radical (unpaired) electrons. The maximum Gasteiger partial charge on any atom is 0.244 e. The fourth-order valence-corrected chi connectivity index (χ4v) is 2.46. The zero-order valence-corrected chi connectivity index (χ0v) is 13.7. The molecule has 0 bridgehead atoms. The molecule has 0 aliphatic rings. The number of para-hydroxylation sites is 1. The molecule has 0 aliphatic heterocycles. The fraction of sp³-hybridized carbons (Fsp3) is 0.125. The highest BCUT2D eigenvalue weighted by atomic mass is 35.5. The second-order valence-electron chi connectivity index (χ2n) is 4.73. The second kappa shape index (κ2) is 7.44. The summed E-state index contributed by atoms with van der Waals surface area (Å²) in [6.45, 7) is 1.00. The molecule has 0 unspecified atom stereocenters. The molecular formula is C16H13Cl2FN2O2. The van der Waals surface area contributed by atoms with Crippen molar-refractivity contribution in [1.29, 1.82) is 0 Å². The molecule has 120 valence electrons. The van der Waals surface area contributed by atoms with Gasteiger partial charge in [0.25, 0.3) is 0 Å². The second-order valence-corrected chi connectivity index (χ2v) is 5.54. The number of rotatable bonds is 4. The molecule has 2 rings (SSSR count). The van der Waals surface area contributed by atoms with E-state index in [4.69, 9.17) is 23.2 Å². The lowest BCUT2D eigenvalue weighted by molar-refractivity contribution is -0.120. The van der Waals surface area contributed by atoms with Crippen molar-refractivity contribution in [2.24, 2.45) is 0 Å². The van der Waals surface area contributed by atoms with Crippen molar-refractivity contribution in [2.45, 2.75) is 6.92 Å². The van der Waals surface area contributed by atoms with Gasteiger partial charge in [0, 0.05) is 12.6 Å². The molecule has 0 fully saturated rings. The summed E-state index contributed by atoms with van der Waals surface area (Å²) in [6, 6.07) is 10.2. The third kappa shape index (κ3) is 4.43. The molecule has 0 spiro atoms. The summed E-state index contributed by atoms with van der Waals surface area (Å²) < 4.78 is 13.3. The number of carbonyl (C=O) groups excluding carboxylic acids is 2. The maximum atomic E-state index is 13.3. The van der Waals surface area contributed by atoms with Gasteiger partial charge in [-0.3, -0.25) is 9.59 Å². The van der Waals surface area contributed by atoms with Crippen LogP contribution in [-0.4, -0.2) is 18.4 Å². The third-order valence-corrected chi connectivity index (χ3v) is 3.66. The van der Waals surface area contributed by atoms with Crippen LogP contribution in [0.3, 0.4) is 0 Å². The molecule has 23 heavy (non-hydrogen) atoms. The number of benzene rings is 2. The van der Waals surface area contributed by atoms with Crippen molar-refractivity contribution in [3.05, 3.63) is 58.3 Å². The minimum atomic E-state index is -0.500. The van der Waals surface area contributed by atoms with Crippen LogP contribution in [0.25, 0.3) is 0 Å². The van der Waals surface area contributed by atoms with E-state index in [-0.39, 0.29) is 28.0 Å². The standard InChI is InChI=1S/C16H13Cl2FN2O2/c1-10(22)21(12-5-2-4-11(19)8-12)9-15(23)20-16-13(17)6-3-7-14(16)18/h2-8H,9H2,1H3,(H,20,23). The number of hydrogen-bond donors (Lipinski definition) is 1. The fourth-order valence-electron chi connectivity index (χ4n) is 1.97. The van der Waals surface area contributed by atoms with E-state index in [0.29, 0.717) is 0 Å². The van der Waals surface area contributed by atoms with Crippen molar-refractivity contribution in [2.75, 3.05) is 16.8 Å². The summed E-state index contributed by atoms with van der Waals surface area (Å²) in [7, 11) is 0. The number of carbonyl (C=O) groups is 2. The van der Waals surface area contributed by atoms with E-state index in [2.05, 4.69) is 5.32 Å². The van der Waals surface area contributed by atoms with E-state index < -0.39 is 17.6 Å². The Kier molecular flexibility index (Phi) is 5.58. The average Bonchev–Trinajstić information content (AvgIpc) is 2.48. The number of halogens is 3. The Labute approximate surface area is 142 Å². The predicted molar refractivity (Wildman–Crippen MR) is 89.5 cm³/mol. The Hall–Kier alpha value is -2.11. The first-order chi connectivity index (χ1) is 10.9. The Morgan fingerprint density at radius 3 is 2.30 bits per heavy atom. The molecule has 0 aliphatic carbocycles. The minimum Gasteiger partial charge on any atom is -0.322 e. The van der Waals surface area contributed by atoms with Crippen LogP contribution in [0.5, 0.6) is 0 Å². The smallest absolute Gasteiger partial charge is 0.244 e. The maximum absolute atomic E-state index is 13.3. The number of anilines is 2. The molecular weight excluding hydrogens is 342 g/mol. The van der Waals surface area contributed by atoms with E-state index in [0.717, 1.165) is 4.90 Å². The topological polar surface area (TPSA) is 49.4 Å². The highest BCUT2D eigenvalue weighted by Crippen LogP contribution is 2.29. The summed E-state index contributed by atoms with van der Waals surface area (Å²) in [5.41, 5.74) is 0.557. The Morgan fingerprint density at radius 2 is 1.74 bits per heavy atom. The summed E-state index contributed by atoms with van der Waals surface area (Å²) >= 11 is 12.0. The van der Waals surface area contributed by atoms with Crippen LogP contribution in [0.15, 0.2) is 42.5 Å². The van der Waals surface area contributed by atoms with Gasteiger partial charge < -0.3 is 10.2 Å². The van der Waals surface area contributed by atoms with Gasteiger partial charge in [-0.15, -0.1) is 0 Å². The monoisotopic (exact) mass is 354 g/mol. The van der Waals surface area contributed by atoms with Crippen molar-refractivity contribution in [3.63, 3.8) is 0 Å². The van der Waals surface area contributed by atoms with E-state index in [1.807, 2.05) is 0 Å². The number of nitrogens with one attached hydrogen (secondary N) is 1. The van der Waals surface area contributed by atoms with Crippen LogP contribution < -0.4 is 10.2 Å². The average molecular weight is 355 g/mol. The largest absolute Gasteiger partial charge is 0.322 e. The lowest BCUT2D eigenvalue weighted by Crippen LogP contribution is -2.36. The van der Waals surface area contributed by atoms with Gasteiger partial charge in [-0.1, -0.05) is 35.3 Å². The highest BCUT2D eigenvalue weighted by molar-refractivity contribution is 6.39. The first kappa shape index (κ1) is 17.2. The van der Waals surface area contributed by atoms with E-state index >= 15 is 0 Å². The zero-order chi connectivity index (χ0) is 17.0. The Balaban J connectivity index is 2.18. The molecule has 7 heteroatoms. The normalized spacial score (nSPS) is 10.3. The SMILES string of the molecule is CC(=O)N(CC(=O)Nc1c(Cl)cccc1Cl)c1cccc(F)c1. The van der Waals surface area contributed by atoms with Crippen molar-refractivity contribution in [1.82, 2.24) is 0 Å². The van der Waals surface area contributed by atoms with Gasteiger partial charge >= 0.3 is 0 Å². The molecule has 0 saturated heterocycles. The van der Waals surface area contributed by atoms with Gasteiger partial charge in [0.1, 0.15) is 12.4 Å². The van der Waals surface area contributed by atoms with E-state index in [1.165, 1.54) is 25.1 Å². The van der Waals surface area contributed by atoms with Crippen LogP contribution in [0, 0.1) is 5.82 Å². The van der Waals surface area contributed by atoms with Gasteiger partial charge in [0.05, 0.1) is 15.7 Å². The van der Waals surface area contributed by atoms with E-state index in [9.17, 15) is 14.0 Å². The summed E-state index contributed by atoms with van der Waals surface area (Å²) in [5.74, 6) is -1.39. The number of nitrogens with zero attached hydrogens (tertiary/aromatic N) is 1. The van der Waals surface area contributed by atoms with Crippen LogP contribution in [0.4, 0.5) is 15.8 Å². The molecule has 1 N–H and O–H groups in total. The summed E-state index contributed by atoms with van der Waals surface area (Å²) in [4.78, 5) is 25.1. The predicted octanol–water partition coefficient (Wildman–Crippen LogP) is 4.12. The number of hydrogen-bond acceptors (Lipinski definition) is 2. The quantitative estimate of drug-likeness (QED) is 0.897. The van der Waals surface area contributed by atoms with Crippen molar-refractivity contribution < 1.29 is 14.0 Å². The van der Waals surface area contributed by atoms with Gasteiger partial charge in [-0.05, 0) is 30.3 Å². The molecule has 2 aromatic carbocycles.